The van der Waals surface area contributed by atoms with Crippen LogP contribution in [0.2, 0.25) is 0 Å². The third-order valence-corrected chi connectivity index (χ3v) is 5.48. The molecule has 0 unspecified atom stereocenters. The van der Waals surface area contributed by atoms with Crippen LogP contribution in [0.1, 0.15) is 38.6 Å². The first-order valence-corrected chi connectivity index (χ1v) is 9.71. The molecule has 0 amide bonds. The Morgan fingerprint density at radius 3 is 2.75 bits per heavy atom. The largest absolute Gasteiger partial charge is 0.350 e. The molecule has 0 radical (unpaired) electrons. The van der Waals surface area contributed by atoms with Gasteiger partial charge in [0.1, 0.15) is 5.82 Å². The number of anilines is 1. The highest BCUT2D eigenvalue weighted by molar-refractivity contribution is 5.85. The van der Waals surface area contributed by atoms with Gasteiger partial charge in [-0.25, -0.2) is 19.5 Å². The Morgan fingerprint density at radius 2 is 2.00 bits per heavy atom. The molecule has 1 fully saturated rings. The smallest absolute Gasteiger partial charge is 0.241 e. The van der Waals surface area contributed by atoms with E-state index in [2.05, 4.69) is 55.9 Å². The predicted molar refractivity (Wildman–Crippen MR) is 109 cm³/mol. The number of imidazole rings is 1. The van der Waals surface area contributed by atoms with Crippen molar-refractivity contribution in [1.82, 2.24) is 29.1 Å². The molecule has 28 heavy (non-hydrogen) atoms. The van der Waals surface area contributed by atoms with E-state index >= 15 is 0 Å². The van der Waals surface area contributed by atoms with Crippen LogP contribution in [0.4, 0.5) is 5.95 Å². The molecule has 4 heterocycles. The molecule has 1 saturated carbocycles. The van der Waals surface area contributed by atoms with Crippen LogP contribution in [-0.4, -0.2) is 41.2 Å². The number of nitrogens with one attached hydrogen (secondary N) is 1. The summed E-state index contributed by atoms with van der Waals surface area (Å²) in [6, 6.07) is 5.20. The zero-order chi connectivity index (χ0) is 19.4. The molecule has 0 aliphatic heterocycles. The molecule has 1 aliphatic carbocycles. The lowest BCUT2D eigenvalue weighted by molar-refractivity contribution is 0.371. The highest BCUT2D eigenvalue weighted by Gasteiger charge is 2.26. The molecule has 5 rings (SSSR count). The quantitative estimate of drug-likeness (QED) is 0.568. The van der Waals surface area contributed by atoms with Gasteiger partial charge in [-0.2, -0.15) is 0 Å². The van der Waals surface area contributed by atoms with E-state index < -0.39 is 0 Å². The van der Waals surface area contributed by atoms with E-state index in [4.69, 9.17) is 5.73 Å². The number of aromatic nitrogens is 6. The molecule has 3 N–H and O–H groups in total. The van der Waals surface area contributed by atoms with E-state index in [0.29, 0.717) is 24.1 Å². The van der Waals surface area contributed by atoms with Crippen LogP contribution in [0.3, 0.4) is 0 Å². The summed E-state index contributed by atoms with van der Waals surface area (Å²) in [5.74, 6) is 1.61. The molecule has 4 aromatic heterocycles. The van der Waals surface area contributed by atoms with Gasteiger partial charge in [0.25, 0.3) is 0 Å². The first kappa shape index (κ1) is 17.1. The summed E-state index contributed by atoms with van der Waals surface area (Å²) in [5.41, 5.74) is 10.7. The van der Waals surface area contributed by atoms with Gasteiger partial charge in [0.2, 0.25) is 5.95 Å². The van der Waals surface area contributed by atoms with Crippen LogP contribution in [0.25, 0.3) is 27.8 Å². The van der Waals surface area contributed by atoms with Gasteiger partial charge >= 0.3 is 0 Å². The maximum Gasteiger partial charge on any atom is 0.241 e. The number of nitrogens with two attached hydrogens (primary N) is 1. The number of fused-ring (bicyclic) bond motifs is 2. The van der Waals surface area contributed by atoms with Crippen LogP contribution < -0.4 is 11.1 Å². The summed E-state index contributed by atoms with van der Waals surface area (Å²) in [5, 5.41) is 7.95. The van der Waals surface area contributed by atoms with Crippen molar-refractivity contribution in [3.05, 3.63) is 36.5 Å². The molecule has 0 aromatic carbocycles. The number of aryl methyl sites for hydroxylation is 1. The molecular weight excluding hydrogens is 352 g/mol. The van der Waals surface area contributed by atoms with Crippen molar-refractivity contribution < 1.29 is 0 Å². The summed E-state index contributed by atoms with van der Waals surface area (Å²) < 4.78 is 4.07. The lowest BCUT2D eigenvalue weighted by atomic mass is 9.88. The lowest BCUT2D eigenvalue weighted by Crippen LogP contribution is -2.44. The third kappa shape index (κ3) is 2.72. The van der Waals surface area contributed by atoms with Crippen molar-refractivity contribution in [2.75, 3.05) is 5.32 Å². The molecule has 0 spiro atoms. The molecule has 0 atom stereocenters. The van der Waals surface area contributed by atoms with Gasteiger partial charge in [0.15, 0.2) is 5.65 Å². The van der Waals surface area contributed by atoms with Crippen LogP contribution >= 0.6 is 0 Å². The Morgan fingerprint density at radius 1 is 1.18 bits per heavy atom. The Labute approximate surface area is 162 Å². The van der Waals surface area contributed by atoms with Crippen molar-refractivity contribution in [1.29, 1.82) is 0 Å². The van der Waals surface area contributed by atoms with E-state index in [9.17, 15) is 0 Å². The molecule has 0 saturated heterocycles. The molecule has 8 heteroatoms. The normalized spacial score (nSPS) is 19.5. The summed E-state index contributed by atoms with van der Waals surface area (Å²) in [7, 11) is 0. The lowest BCUT2D eigenvalue weighted by Gasteiger charge is -2.32. The van der Waals surface area contributed by atoms with Crippen molar-refractivity contribution in [2.24, 2.45) is 5.73 Å². The highest BCUT2D eigenvalue weighted by atomic mass is 15.3. The molecule has 144 valence electrons. The zero-order valence-electron chi connectivity index (χ0n) is 16.3. The van der Waals surface area contributed by atoms with Crippen LogP contribution in [0.5, 0.6) is 0 Å². The maximum absolute atomic E-state index is 5.85. The number of nitrogens with zero attached hydrogens (tertiary/aromatic N) is 6. The van der Waals surface area contributed by atoms with Gasteiger partial charge in [-0.05, 0) is 45.7 Å². The number of hydrogen-bond acceptors (Lipinski definition) is 6. The van der Waals surface area contributed by atoms with Crippen molar-refractivity contribution in [3.63, 3.8) is 0 Å². The summed E-state index contributed by atoms with van der Waals surface area (Å²) in [4.78, 5) is 13.7. The second-order valence-corrected chi connectivity index (χ2v) is 7.90. The number of hydrogen-bond donors (Lipinski definition) is 2. The number of pyridine rings is 1. The Kier molecular flexibility index (Phi) is 3.83. The van der Waals surface area contributed by atoms with E-state index in [1.165, 1.54) is 0 Å². The first-order chi connectivity index (χ1) is 13.5. The van der Waals surface area contributed by atoms with Crippen molar-refractivity contribution in [2.45, 2.75) is 51.7 Å². The standard InChI is InChI=1S/C20H24N8/c1-11(2)28-12(3)24-19-17(28)6-13(9-22-19)16-4-5-27-18(16)10-23-20(26-27)25-15-7-14(21)8-15/h4-6,9-11,14-15H,7-8,21H2,1-3H3,(H,25,26). The van der Waals surface area contributed by atoms with E-state index in [0.717, 1.165) is 46.5 Å². The SMILES string of the molecule is Cc1nc2ncc(-c3ccn4nc(NC5CC(N)C5)ncc34)cc2n1C(C)C. The van der Waals surface area contributed by atoms with Gasteiger partial charge in [-0.3, -0.25) is 0 Å². The number of rotatable bonds is 4. The van der Waals surface area contributed by atoms with Gasteiger partial charge in [-0.1, -0.05) is 0 Å². The third-order valence-electron chi connectivity index (χ3n) is 5.48. The molecule has 1 aliphatic rings. The first-order valence-electron chi connectivity index (χ1n) is 9.71. The fraction of sp³-hybridized carbons (Fsp3) is 0.400. The minimum Gasteiger partial charge on any atom is -0.350 e. The van der Waals surface area contributed by atoms with Gasteiger partial charge in [0.05, 0.1) is 17.2 Å². The van der Waals surface area contributed by atoms with Crippen molar-refractivity contribution >= 4 is 22.6 Å². The minimum absolute atomic E-state index is 0.296. The Hall–Kier alpha value is -3.00. The second-order valence-electron chi connectivity index (χ2n) is 7.90. The van der Waals surface area contributed by atoms with E-state index in [1.807, 2.05) is 30.0 Å². The second kappa shape index (κ2) is 6.27. The van der Waals surface area contributed by atoms with Gasteiger partial charge in [0, 0.05) is 41.6 Å². The Balaban J connectivity index is 1.53. The van der Waals surface area contributed by atoms with Gasteiger partial charge in [-0.15, -0.1) is 5.10 Å². The van der Waals surface area contributed by atoms with Crippen molar-refractivity contribution in [3.8, 4) is 11.1 Å². The maximum atomic E-state index is 5.85. The predicted octanol–water partition coefficient (Wildman–Crippen LogP) is 2.93. The fourth-order valence-corrected chi connectivity index (χ4v) is 4.06. The molecule has 0 bridgehead atoms. The van der Waals surface area contributed by atoms with Crippen LogP contribution in [-0.2, 0) is 0 Å². The topological polar surface area (TPSA) is 98.9 Å². The molecular formula is C20H24N8. The monoisotopic (exact) mass is 376 g/mol. The average Bonchev–Trinajstić information content (AvgIpc) is 3.19. The molecule has 4 aromatic rings. The van der Waals surface area contributed by atoms with E-state index in [1.54, 1.807) is 0 Å². The van der Waals surface area contributed by atoms with E-state index in [-0.39, 0.29) is 0 Å². The summed E-state index contributed by atoms with van der Waals surface area (Å²) >= 11 is 0. The fourth-order valence-electron chi connectivity index (χ4n) is 4.06. The minimum atomic E-state index is 0.296. The van der Waals surface area contributed by atoms with Gasteiger partial charge < -0.3 is 15.6 Å². The summed E-state index contributed by atoms with van der Waals surface area (Å²) in [6.45, 7) is 6.34. The molecule has 8 nitrogen and oxygen atoms in total. The summed E-state index contributed by atoms with van der Waals surface area (Å²) in [6.07, 6.45) is 7.62. The van der Waals surface area contributed by atoms with Crippen LogP contribution in [0, 0.1) is 6.92 Å². The zero-order valence-corrected chi connectivity index (χ0v) is 16.3. The Bertz CT molecular complexity index is 1170. The van der Waals surface area contributed by atoms with Crippen LogP contribution in [0.15, 0.2) is 30.7 Å². The highest BCUT2D eigenvalue weighted by Crippen LogP contribution is 2.29. The average molecular weight is 376 g/mol.